The summed E-state index contributed by atoms with van der Waals surface area (Å²) < 4.78 is 24.4. The van der Waals surface area contributed by atoms with E-state index in [2.05, 4.69) is 29.9 Å². The second-order valence-corrected chi connectivity index (χ2v) is 15.0. The first-order valence-corrected chi connectivity index (χ1v) is 19.5. The Morgan fingerprint density at radius 2 is 1.19 bits per heavy atom. The first-order chi connectivity index (χ1) is 25.6. The van der Waals surface area contributed by atoms with Gasteiger partial charge in [0.1, 0.15) is 11.5 Å². The number of hydrogen-bond acceptors (Lipinski definition) is 12. The normalized spacial score (nSPS) is 12.1. The van der Waals surface area contributed by atoms with Gasteiger partial charge in [0, 0.05) is 63.4 Å². The number of aromatic nitrogens is 6. The van der Waals surface area contributed by atoms with Crippen LogP contribution in [0.3, 0.4) is 0 Å². The van der Waals surface area contributed by atoms with E-state index in [1.807, 2.05) is 76.2 Å². The standard InChI is InChI=1S/C19H23N3O4S.C19H23N3O3S/c1-12-7-20-17(13(2)18(12)26-10-14(8-23)9-24)11-27(25)19-21-15-5-3-4-6-16(15)22-19;1-12-7-20-17(13(2)18(12)25-10-14(8-23)9-24)11-26-19-21-15-5-3-4-6-16(15)22-19/h3-7,14,23-24H,8-11H2,1-2H3,(H,21,22);3-7,14,23-24H,8-11H2,1-2H3,(H,21,22). The predicted molar refractivity (Wildman–Crippen MR) is 206 cm³/mol. The number of aryl methyl sites for hydroxylation is 2. The molecule has 0 aliphatic rings. The maximum atomic E-state index is 12.8. The lowest BCUT2D eigenvalue weighted by atomic mass is 10.1. The third-order valence-electron chi connectivity index (χ3n) is 8.62. The summed E-state index contributed by atoms with van der Waals surface area (Å²) in [5, 5.41) is 38.1. The van der Waals surface area contributed by atoms with E-state index in [9.17, 15) is 25.0 Å². The maximum Gasteiger partial charge on any atom is 0.322 e. The predicted octanol–water partition coefficient (Wildman–Crippen LogP) is 4.71. The Labute approximate surface area is 315 Å². The highest BCUT2D eigenvalue weighted by molar-refractivity contribution is 7.98. The number of thioether (sulfide) groups is 1. The molecule has 0 aliphatic carbocycles. The quantitative estimate of drug-likeness (QED) is 0.0586. The molecule has 0 saturated heterocycles. The minimum absolute atomic E-state index is 0.103. The fourth-order valence-corrected chi connectivity index (χ4v) is 7.35. The van der Waals surface area contributed by atoms with Gasteiger partial charge in [-0.2, -0.15) is 4.98 Å². The number of hydrogen-bond donors (Lipinski definition) is 6. The Morgan fingerprint density at radius 3 is 1.72 bits per heavy atom. The van der Waals surface area contributed by atoms with Crippen LogP contribution in [0.5, 0.6) is 11.5 Å². The van der Waals surface area contributed by atoms with Crippen molar-refractivity contribution in [3.63, 3.8) is 0 Å². The van der Waals surface area contributed by atoms with Crippen molar-refractivity contribution in [3.8, 4) is 11.5 Å². The zero-order valence-corrected chi connectivity index (χ0v) is 31.8. The minimum atomic E-state index is -1.37. The highest BCUT2D eigenvalue weighted by Crippen LogP contribution is 2.30. The summed E-state index contributed by atoms with van der Waals surface area (Å²) in [6, 6.07) is 15.5. The van der Waals surface area contributed by atoms with Gasteiger partial charge >= 0.3 is 5.16 Å². The van der Waals surface area contributed by atoms with E-state index in [0.717, 1.165) is 60.9 Å². The van der Waals surface area contributed by atoms with Crippen LogP contribution in [-0.4, -0.2) is 94.5 Å². The van der Waals surface area contributed by atoms with Gasteiger partial charge in [-0.05, 0) is 52.0 Å². The summed E-state index contributed by atoms with van der Waals surface area (Å²) in [6.45, 7) is 7.64. The summed E-state index contributed by atoms with van der Waals surface area (Å²) >= 11 is 0.224. The van der Waals surface area contributed by atoms with Crippen molar-refractivity contribution in [2.45, 2.75) is 49.5 Å². The molecule has 4 aromatic heterocycles. The first kappa shape index (κ1) is 40.0. The highest BCUT2D eigenvalue weighted by atomic mass is 32.2. The van der Waals surface area contributed by atoms with E-state index >= 15 is 0 Å². The molecule has 6 rings (SSSR count). The second kappa shape index (κ2) is 19.2. The van der Waals surface area contributed by atoms with Crippen LogP contribution in [-0.2, 0) is 22.7 Å². The average molecular weight is 763 g/mol. The topological polar surface area (TPSA) is 206 Å². The van der Waals surface area contributed by atoms with Crippen molar-refractivity contribution in [1.82, 2.24) is 29.9 Å². The Hall–Kier alpha value is -4.22. The smallest absolute Gasteiger partial charge is 0.322 e. The monoisotopic (exact) mass is 762 g/mol. The SMILES string of the molecule is Cc1cnc(CSc2nc3ccccc3[nH]2)c(C)c1OCC(CO)CO.Cc1cnc(C[S+]([O-])c2nc3ccccc3[nH]2)c(C)c1OCC(CO)CO. The number of imidazole rings is 2. The molecule has 0 radical (unpaired) electrons. The van der Waals surface area contributed by atoms with E-state index in [1.54, 1.807) is 24.2 Å². The van der Waals surface area contributed by atoms with Gasteiger partial charge in [0.25, 0.3) is 0 Å². The van der Waals surface area contributed by atoms with Crippen LogP contribution >= 0.6 is 11.8 Å². The van der Waals surface area contributed by atoms with Gasteiger partial charge in [0.15, 0.2) is 10.9 Å². The number of pyridine rings is 2. The number of nitrogens with zero attached hydrogens (tertiary/aromatic N) is 4. The molecule has 0 spiro atoms. The summed E-state index contributed by atoms with van der Waals surface area (Å²) in [4.78, 5) is 24.3. The van der Waals surface area contributed by atoms with Crippen molar-refractivity contribution in [2.75, 3.05) is 39.6 Å². The van der Waals surface area contributed by atoms with Crippen LogP contribution in [0.4, 0.5) is 0 Å². The Morgan fingerprint density at radius 1 is 0.698 bits per heavy atom. The average Bonchev–Trinajstić information content (AvgIpc) is 3.80. The summed E-state index contributed by atoms with van der Waals surface area (Å²) in [5.74, 6) is 1.68. The molecule has 0 saturated carbocycles. The molecule has 0 fully saturated rings. The Kier molecular flexibility index (Phi) is 14.5. The number of aliphatic hydroxyl groups excluding tert-OH is 4. The molecule has 282 valence electrons. The fourth-order valence-electron chi connectivity index (χ4n) is 5.34. The molecule has 15 heteroatoms. The molecule has 1 unspecified atom stereocenters. The maximum absolute atomic E-state index is 12.8. The summed E-state index contributed by atoms with van der Waals surface area (Å²) in [7, 11) is 0. The highest BCUT2D eigenvalue weighted by Gasteiger charge is 2.22. The molecule has 0 bridgehead atoms. The minimum Gasteiger partial charge on any atom is -0.609 e. The van der Waals surface area contributed by atoms with Gasteiger partial charge in [0.2, 0.25) is 0 Å². The first-order valence-electron chi connectivity index (χ1n) is 17.1. The molecule has 1 atom stereocenters. The van der Waals surface area contributed by atoms with E-state index in [4.69, 9.17) is 9.47 Å². The number of fused-ring (bicyclic) bond motifs is 2. The Bertz CT molecular complexity index is 2020. The fraction of sp³-hybridized carbons (Fsp3) is 0.368. The second-order valence-electron chi connectivity index (χ2n) is 12.7. The van der Waals surface area contributed by atoms with Gasteiger partial charge in [-0.1, -0.05) is 36.0 Å². The number of aromatic amines is 2. The van der Waals surface area contributed by atoms with Crippen LogP contribution in [0.2, 0.25) is 0 Å². The molecule has 4 heterocycles. The lowest BCUT2D eigenvalue weighted by molar-refractivity contribution is 0.105. The summed E-state index contributed by atoms with van der Waals surface area (Å²) in [6.07, 6.45) is 3.48. The van der Waals surface area contributed by atoms with Crippen molar-refractivity contribution in [2.24, 2.45) is 11.8 Å². The molecular formula is C38H46N6O7S2. The van der Waals surface area contributed by atoms with E-state index in [-0.39, 0.29) is 57.2 Å². The number of rotatable bonds is 16. The van der Waals surface area contributed by atoms with Crippen molar-refractivity contribution < 1.29 is 34.5 Å². The molecule has 53 heavy (non-hydrogen) atoms. The molecule has 13 nitrogen and oxygen atoms in total. The zero-order chi connectivity index (χ0) is 37.9. The van der Waals surface area contributed by atoms with Gasteiger partial charge in [-0.3, -0.25) is 15.0 Å². The van der Waals surface area contributed by atoms with Crippen molar-refractivity contribution >= 4 is 45.0 Å². The van der Waals surface area contributed by atoms with Crippen LogP contribution in [0.25, 0.3) is 22.1 Å². The number of benzene rings is 2. The number of nitrogens with one attached hydrogen (secondary N) is 2. The van der Waals surface area contributed by atoms with E-state index in [0.29, 0.717) is 22.4 Å². The third-order valence-corrected chi connectivity index (χ3v) is 10.7. The van der Waals surface area contributed by atoms with Crippen LogP contribution in [0.15, 0.2) is 71.2 Å². The number of ether oxygens (including phenoxy) is 2. The number of H-pyrrole nitrogens is 2. The van der Waals surface area contributed by atoms with Crippen molar-refractivity contribution in [1.29, 1.82) is 0 Å². The molecule has 0 aliphatic heterocycles. The third kappa shape index (κ3) is 10.3. The van der Waals surface area contributed by atoms with Crippen molar-refractivity contribution in [3.05, 3.63) is 94.6 Å². The summed E-state index contributed by atoms with van der Waals surface area (Å²) in [5.41, 5.74) is 8.75. The van der Waals surface area contributed by atoms with E-state index in [1.165, 1.54) is 0 Å². The zero-order valence-electron chi connectivity index (χ0n) is 30.2. The van der Waals surface area contributed by atoms with Crippen LogP contribution in [0, 0.1) is 39.5 Å². The van der Waals surface area contributed by atoms with Gasteiger partial charge in [-0.15, -0.1) is 0 Å². The molecule has 0 amide bonds. The lowest BCUT2D eigenvalue weighted by Crippen LogP contribution is -2.20. The van der Waals surface area contributed by atoms with Crippen LogP contribution < -0.4 is 9.47 Å². The Balaban J connectivity index is 0.000000204. The molecule has 6 aromatic rings. The van der Waals surface area contributed by atoms with Crippen LogP contribution in [0.1, 0.15) is 33.6 Å². The molecule has 6 N–H and O–H groups in total. The van der Waals surface area contributed by atoms with Gasteiger partial charge in [-0.25, -0.2) is 4.98 Å². The number of aliphatic hydroxyl groups is 4. The largest absolute Gasteiger partial charge is 0.609 e. The number of para-hydroxylation sites is 4. The molecular weight excluding hydrogens is 717 g/mol. The lowest BCUT2D eigenvalue weighted by Gasteiger charge is -2.18. The molecule has 2 aromatic carbocycles. The van der Waals surface area contributed by atoms with Gasteiger partial charge < -0.3 is 39.4 Å². The van der Waals surface area contributed by atoms with Gasteiger partial charge in [0.05, 0.1) is 73.1 Å². The van der Waals surface area contributed by atoms with E-state index < -0.39 is 11.2 Å².